The summed E-state index contributed by atoms with van der Waals surface area (Å²) in [7, 11) is 0. The minimum absolute atomic E-state index is 0.213. The van der Waals surface area contributed by atoms with E-state index in [-0.39, 0.29) is 11.1 Å². The van der Waals surface area contributed by atoms with Gasteiger partial charge in [0.05, 0.1) is 11.7 Å². The van der Waals surface area contributed by atoms with Crippen molar-refractivity contribution in [2.75, 3.05) is 0 Å². The molecule has 7 heteroatoms. The van der Waals surface area contributed by atoms with E-state index in [0.29, 0.717) is 28.4 Å². The van der Waals surface area contributed by atoms with Gasteiger partial charge in [-0.3, -0.25) is 5.10 Å². The first-order valence-electron chi connectivity index (χ1n) is 8.28. The number of nitrogens with zero attached hydrogens (tertiary/aromatic N) is 2. The third-order valence-corrected chi connectivity index (χ3v) is 4.77. The molecule has 0 radical (unpaired) electrons. The highest BCUT2D eigenvalue weighted by Crippen LogP contribution is 2.47. The van der Waals surface area contributed by atoms with Crippen LogP contribution in [0.25, 0.3) is 21.8 Å². The molecule has 4 aromatic rings. The van der Waals surface area contributed by atoms with Crippen molar-refractivity contribution >= 4 is 21.8 Å². The number of alkyl halides is 3. The van der Waals surface area contributed by atoms with Gasteiger partial charge in [-0.25, -0.2) is 0 Å². The number of allylic oxidation sites excluding steroid dienone is 1. The fraction of sp³-hybridized carbons (Fsp3) is 0.150. The average Bonchev–Trinajstić information content (AvgIpc) is 3.25. The standard InChI is InChI=1S/C20H16F3N3O/c1-2-9-26-12-16(15-5-3-4-6-18(15)26)19(27,20(21,22)23)14-7-8-17-13(10-14)11-24-25-17/h2-8,10-12,27H,1,9H2,(H,24,25). The van der Waals surface area contributed by atoms with Crippen LogP contribution in [0, 0.1) is 0 Å². The Morgan fingerprint density at radius 3 is 2.70 bits per heavy atom. The van der Waals surface area contributed by atoms with E-state index in [1.165, 1.54) is 30.6 Å². The van der Waals surface area contributed by atoms with Crippen molar-refractivity contribution in [2.24, 2.45) is 0 Å². The molecule has 1 atom stereocenters. The van der Waals surface area contributed by atoms with E-state index in [1.807, 2.05) is 0 Å². The Kier molecular flexibility index (Phi) is 3.85. The molecule has 1 unspecified atom stereocenters. The number of hydrogen-bond donors (Lipinski definition) is 2. The zero-order chi connectivity index (χ0) is 19.2. The van der Waals surface area contributed by atoms with Crippen LogP contribution in [-0.4, -0.2) is 26.0 Å². The molecule has 0 fully saturated rings. The third kappa shape index (κ3) is 2.54. The number of hydrogen-bond acceptors (Lipinski definition) is 2. The van der Waals surface area contributed by atoms with Crippen LogP contribution in [0.3, 0.4) is 0 Å². The number of para-hydroxylation sites is 1. The van der Waals surface area contributed by atoms with Crippen LogP contribution >= 0.6 is 0 Å². The fourth-order valence-electron chi connectivity index (χ4n) is 3.46. The summed E-state index contributed by atoms with van der Waals surface area (Å²) in [4.78, 5) is 0. The fourth-order valence-corrected chi connectivity index (χ4v) is 3.46. The van der Waals surface area contributed by atoms with Crippen LogP contribution in [0.5, 0.6) is 0 Å². The Bertz CT molecular complexity index is 1140. The molecule has 4 rings (SSSR count). The maximum atomic E-state index is 14.2. The van der Waals surface area contributed by atoms with Gasteiger partial charge >= 0.3 is 6.18 Å². The molecule has 0 amide bonds. The monoisotopic (exact) mass is 371 g/mol. The molecule has 27 heavy (non-hydrogen) atoms. The summed E-state index contributed by atoms with van der Waals surface area (Å²) in [6.45, 7) is 3.98. The van der Waals surface area contributed by atoms with Crippen LogP contribution < -0.4 is 0 Å². The van der Waals surface area contributed by atoms with E-state index in [1.54, 1.807) is 34.9 Å². The van der Waals surface area contributed by atoms with Crippen molar-refractivity contribution in [2.45, 2.75) is 18.3 Å². The van der Waals surface area contributed by atoms with Gasteiger partial charge in [-0.15, -0.1) is 6.58 Å². The third-order valence-electron chi connectivity index (χ3n) is 4.77. The van der Waals surface area contributed by atoms with Crippen molar-refractivity contribution < 1.29 is 18.3 Å². The van der Waals surface area contributed by atoms with Gasteiger partial charge < -0.3 is 9.67 Å². The van der Waals surface area contributed by atoms with E-state index < -0.39 is 11.8 Å². The Labute approximate surface area is 152 Å². The molecular weight excluding hydrogens is 355 g/mol. The number of nitrogens with one attached hydrogen (secondary N) is 1. The normalized spacial score (nSPS) is 14.5. The number of aliphatic hydroxyl groups is 1. The van der Waals surface area contributed by atoms with Crippen LogP contribution in [0.2, 0.25) is 0 Å². The summed E-state index contributed by atoms with van der Waals surface area (Å²) in [5, 5.41) is 18.4. The van der Waals surface area contributed by atoms with Crippen molar-refractivity contribution in [3.05, 3.63) is 78.6 Å². The van der Waals surface area contributed by atoms with Gasteiger partial charge in [0.2, 0.25) is 5.60 Å². The van der Waals surface area contributed by atoms with Crippen molar-refractivity contribution in [1.82, 2.24) is 14.8 Å². The van der Waals surface area contributed by atoms with E-state index in [0.717, 1.165) is 0 Å². The smallest absolute Gasteiger partial charge is 0.372 e. The molecule has 0 aliphatic rings. The number of H-pyrrole nitrogens is 1. The van der Waals surface area contributed by atoms with E-state index in [9.17, 15) is 18.3 Å². The summed E-state index contributed by atoms with van der Waals surface area (Å²) in [6.07, 6.45) is -0.552. The van der Waals surface area contributed by atoms with Crippen molar-refractivity contribution in [1.29, 1.82) is 0 Å². The van der Waals surface area contributed by atoms with Crippen molar-refractivity contribution in [3.8, 4) is 0 Å². The van der Waals surface area contributed by atoms with Crippen LogP contribution in [0.4, 0.5) is 13.2 Å². The van der Waals surface area contributed by atoms with Gasteiger partial charge in [-0.05, 0) is 23.8 Å². The summed E-state index contributed by atoms with van der Waals surface area (Å²) < 4.78 is 44.3. The lowest BCUT2D eigenvalue weighted by atomic mass is 9.85. The molecule has 0 spiro atoms. The molecule has 138 valence electrons. The summed E-state index contributed by atoms with van der Waals surface area (Å²) in [5.74, 6) is 0. The summed E-state index contributed by atoms with van der Waals surface area (Å²) in [6, 6.07) is 10.8. The van der Waals surface area contributed by atoms with Crippen LogP contribution in [0.1, 0.15) is 11.1 Å². The molecule has 0 aliphatic heterocycles. The molecule has 0 aliphatic carbocycles. The molecule has 0 bridgehead atoms. The predicted octanol–water partition coefficient (Wildman–Crippen LogP) is 4.50. The topological polar surface area (TPSA) is 53.8 Å². The number of aromatic nitrogens is 3. The van der Waals surface area contributed by atoms with Crippen molar-refractivity contribution in [3.63, 3.8) is 0 Å². The minimum Gasteiger partial charge on any atom is -0.372 e. The highest BCUT2D eigenvalue weighted by molar-refractivity contribution is 5.86. The highest BCUT2D eigenvalue weighted by atomic mass is 19.4. The van der Waals surface area contributed by atoms with E-state index in [2.05, 4.69) is 16.8 Å². The van der Waals surface area contributed by atoms with Gasteiger partial charge in [-0.2, -0.15) is 18.3 Å². The van der Waals surface area contributed by atoms with Crippen LogP contribution in [-0.2, 0) is 12.1 Å². The lowest BCUT2D eigenvalue weighted by molar-refractivity contribution is -0.247. The zero-order valence-electron chi connectivity index (χ0n) is 14.2. The number of rotatable bonds is 4. The highest BCUT2D eigenvalue weighted by Gasteiger charge is 2.57. The number of aromatic amines is 1. The summed E-state index contributed by atoms with van der Waals surface area (Å²) >= 11 is 0. The molecule has 2 heterocycles. The Hall–Kier alpha value is -3.06. The second-order valence-corrected chi connectivity index (χ2v) is 6.38. The minimum atomic E-state index is -4.92. The first-order chi connectivity index (χ1) is 12.9. The Morgan fingerprint density at radius 1 is 1.19 bits per heavy atom. The molecule has 2 aromatic carbocycles. The molecule has 2 aromatic heterocycles. The van der Waals surface area contributed by atoms with Crippen LogP contribution in [0.15, 0.2) is 67.5 Å². The second-order valence-electron chi connectivity index (χ2n) is 6.38. The molecular formula is C20H16F3N3O. The largest absolute Gasteiger partial charge is 0.425 e. The SMILES string of the molecule is C=CCn1cc(C(O)(c2ccc3[nH]ncc3c2)C(F)(F)F)c2ccccc21. The molecule has 0 saturated heterocycles. The Balaban J connectivity index is 2.03. The van der Waals surface area contributed by atoms with Gasteiger partial charge in [-0.1, -0.05) is 30.3 Å². The average molecular weight is 371 g/mol. The number of halogens is 3. The predicted molar refractivity (Wildman–Crippen MR) is 97.3 cm³/mol. The van der Waals surface area contributed by atoms with Gasteiger partial charge in [0.15, 0.2) is 0 Å². The maximum Gasteiger partial charge on any atom is 0.425 e. The molecule has 0 saturated carbocycles. The lowest BCUT2D eigenvalue weighted by Crippen LogP contribution is -2.43. The first kappa shape index (κ1) is 17.4. The second kappa shape index (κ2) is 5.99. The number of benzene rings is 2. The Morgan fingerprint density at radius 2 is 1.96 bits per heavy atom. The zero-order valence-corrected chi connectivity index (χ0v) is 14.2. The first-order valence-corrected chi connectivity index (χ1v) is 8.28. The molecule has 4 nitrogen and oxygen atoms in total. The van der Waals surface area contributed by atoms with Gasteiger partial charge in [0, 0.05) is 34.6 Å². The van der Waals surface area contributed by atoms with E-state index in [4.69, 9.17) is 0 Å². The summed E-state index contributed by atoms with van der Waals surface area (Å²) in [5.41, 5.74) is -2.44. The van der Waals surface area contributed by atoms with E-state index >= 15 is 0 Å². The quantitative estimate of drug-likeness (QED) is 0.519. The lowest BCUT2D eigenvalue weighted by Gasteiger charge is -2.31. The maximum absolute atomic E-state index is 14.2. The molecule has 2 N–H and O–H groups in total. The number of fused-ring (bicyclic) bond motifs is 2. The van der Waals surface area contributed by atoms with Gasteiger partial charge in [0.25, 0.3) is 0 Å². The van der Waals surface area contributed by atoms with Gasteiger partial charge in [0.1, 0.15) is 0 Å².